The van der Waals surface area contributed by atoms with Crippen LogP contribution in [0.4, 0.5) is 0 Å². The van der Waals surface area contributed by atoms with Crippen molar-refractivity contribution in [3.05, 3.63) is 71.1 Å². The van der Waals surface area contributed by atoms with Gasteiger partial charge in [-0.2, -0.15) is 0 Å². The number of carbonyl (C=O) groups is 5. The molecular weight excluding hydrogens is 973 g/mol. The normalized spacial score (nSPS) is 17.2. The van der Waals surface area contributed by atoms with E-state index in [1.54, 1.807) is 48.5 Å². The molecule has 0 aliphatic carbocycles. The molecule has 0 aromatic heterocycles. The lowest BCUT2D eigenvalue weighted by Crippen LogP contribution is -2.48. The van der Waals surface area contributed by atoms with Gasteiger partial charge in [0.25, 0.3) is 0 Å². The molecule has 0 spiro atoms. The number of hydrogen-bond donors (Lipinski definition) is 0. The molecule has 74 heavy (non-hydrogen) atoms. The van der Waals surface area contributed by atoms with Crippen molar-refractivity contribution in [2.75, 3.05) is 50.9 Å². The third kappa shape index (κ3) is 20.7. The highest BCUT2D eigenvalue weighted by Crippen LogP contribution is 2.44. The fraction of sp³-hybridized carbons (Fsp3) is 0.683. The van der Waals surface area contributed by atoms with Gasteiger partial charge in [0.15, 0.2) is 0 Å². The van der Waals surface area contributed by atoms with Gasteiger partial charge in [0, 0.05) is 44.6 Å². The first-order valence-corrected chi connectivity index (χ1v) is 30.7. The number of benzene rings is 2. The molecule has 2 atom stereocenters. The maximum atomic E-state index is 13.8. The summed E-state index contributed by atoms with van der Waals surface area (Å²) in [5.41, 5.74) is 1.10. The van der Waals surface area contributed by atoms with Crippen LogP contribution in [0.1, 0.15) is 182 Å². The van der Waals surface area contributed by atoms with Crippen LogP contribution in [0.15, 0.2) is 59.9 Å². The molecular formula is C60H90N2O10S2. The second-order valence-corrected chi connectivity index (χ2v) is 24.8. The van der Waals surface area contributed by atoms with Crippen molar-refractivity contribution in [3.8, 4) is 11.5 Å². The Hall–Kier alpha value is -4.17. The van der Waals surface area contributed by atoms with E-state index in [1.807, 2.05) is 49.3 Å². The molecule has 3 heterocycles. The van der Waals surface area contributed by atoms with Gasteiger partial charge in [0.05, 0.1) is 36.9 Å². The monoisotopic (exact) mass is 1060 g/mol. The molecule has 1 saturated heterocycles. The highest BCUT2D eigenvalue weighted by atomic mass is 33.1. The zero-order chi connectivity index (χ0) is 53.4. The number of carbonyl (C=O) groups excluding carboxylic acids is 5. The highest BCUT2D eigenvalue weighted by Gasteiger charge is 2.42. The average molecular weight is 1060 g/mol. The van der Waals surface area contributed by atoms with Crippen molar-refractivity contribution in [2.24, 2.45) is 22.7 Å². The van der Waals surface area contributed by atoms with Gasteiger partial charge in [0.2, 0.25) is 0 Å². The molecule has 412 valence electrons. The minimum atomic E-state index is -0.966. The first kappa shape index (κ1) is 60.7. The van der Waals surface area contributed by atoms with Gasteiger partial charge in [-0.3, -0.25) is 24.0 Å². The predicted molar refractivity (Wildman–Crippen MR) is 298 cm³/mol. The summed E-state index contributed by atoms with van der Waals surface area (Å²) in [6.45, 7) is 17.7. The van der Waals surface area contributed by atoms with Crippen LogP contribution in [-0.4, -0.2) is 96.6 Å². The summed E-state index contributed by atoms with van der Waals surface area (Å²) >= 11 is 0. The zero-order valence-corrected chi connectivity index (χ0v) is 47.8. The quantitative estimate of drug-likeness (QED) is 0.0233. The van der Waals surface area contributed by atoms with Crippen molar-refractivity contribution < 1.29 is 47.7 Å². The van der Waals surface area contributed by atoms with Crippen molar-refractivity contribution >= 4 is 51.4 Å². The van der Waals surface area contributed by atoms with Crippen molar-refractivity contribution in [1.29, 1.82) is 0 Å². The summed E-state index contributed by atoms with van der Waals surface area (Å²) in [6.07, 6.45) is 19.9. The van der Waals surface area contributed by atoms with Gasteiger partial charge < -0.3 is 33.5 Å². The summed E-state index contributed by atoms with van der Waals surface area (Å²) in [7, 11) is 3.88. The number of ether oxygens (including phenoxy) is 5. The fourth-order valence-corrected chi connectivity index (χ4v) is 12.8. The van der Waals surface area contributed by atoms with E-state index in [0.29, 0.717) is 31.1 Å². The third-order valence-electron chi connectivity index (χ3n) is 14.7. The lowest BCUT2D eigenvalue weighted by Gasteiger charge is -2.48. The Morgan fingerprint density at radius 1 is 0.581 bits per heavy atom. The molecule has 0 N–H and O–H groups in total. The van der Waals surface area contributed by atoms with E-state index in [2.05, 4.69) is 23.6 Å². The Bertz CT molecular complexity index is 2060. The molecule has 0 amide bonds. The Kier molecular flexibility index (Phi) is 26.1. The molecule has 1 fully saturated rings. The van der Waals surface area contributed by atoms with E-state index in [-0.39, 0.29) is 55.1 Å². The minimum Gasteiger partial charge on any atom is -0.465 e. The van der Waals surface area contributed by atoms with Crippen LogP contribution in [0.3, 0.4) is 0 Å². The largest absolute Gasteiger partial charge is 0.465 e. The van der Waals surface area contributed by atoms with E-state index >= 15 is 0 Å². The van der Waals surface area contributed by atoms with Gasteiger partial charge in [-0.1, -0.05) is 124 Å². The highest BCUT2D eigenvalue weighted by molar-refractivity contribution is 8.76. The zero-order valence-electron chi connectivity index (χ0n) is 46.2. The van der Waals surface area contributed by atoms with Crippen LogP contribution in [0.25, 0.3) is 0 Å². The summed E-state index contributed by atoms with van der Waals surface area (Å²) in [4.78, 5) is 70.0. The third-order valence-corrected chi connectivity index (χ3v) is 17.1. The van der Waals surface area contributed by atoms with Crippen LogP contribution in [0.2, 0.25) is 0 Å². The number of unbranched alkanes of at least 4 members (excludes halogenated alkanes) is 10. The van der Waals surface area contributed by atoms with Crippen LogP contribution in [0.5, 0.6) is 11.5 Å². The Balaban J connectivity index is 1.10. The summed E-state index contributed by atoms with van der Waals surface area (Å²) < 4.78 is 29.0. The number of allylic oxidation sites excluding steroid dienone is 1. The molecule has 2 aromatic rings. The van der Waals surface area contributed by atoms with Crippen LogP contribution in [-0.2, 0) is 51.0 Å². The van der Waals surface area contributed by atoms with E-state index in [9.17, 15) is 24.0 Å². The maximum Gasteiger partial charge on any atom is 0.316 e. The van der Waals surface area contributed by atoms with Crippen molar-refractivity contribution in [2.45, 2.75) is 189 Å². The van der Waals surface area contributed by atoms with Gasteiger partial charge in [-0.15, -0.1) is 0 Å². The van der Waals surface area contributed by atoms with Gasteiger partial charge >= 0.3 is 29.8 Å². The van der Waals surface area contributed by atoms with Crippen LogP contribution >= 0.6 is 21.6 Å². The first-order valence-electron chi connectivity index (χ1n) is 28.2. The number of hydrogen-bond acceptors (Lipinski definition) is 14. The smallest absolute Gasteiger partial charge is 0.316 e. The molecule has 12 nitrogen and oxygen atoms in total. The predicted octanol–water partition coefficient (Wildman–Crippen LogP) is 13.3. The Morgan fingerprint density at radius 2 is 1.01 bits per heavy atom. The maximum absolute atomic E-state index is 13.8. The Morgan fingerprint density at radius 3 is 1.47 bits per heavy atom. The van der Waals surface area contributed by atoms with Crippen molar-refractivity contribution in [3.63, 3.8) is 0 Å². The average Bonchev–Trinajstić information content (AvgIpc) is 3.46. The first-order chi connectivity index (χ1) is 35.6. The SMILES string of the molecule is CCCCCCCCC(CCCCCCCC)OC(=O)C(C)(C)CC(C)(C)C(=O)Oc1ccc(CC(=O)OCCC2CCN3CCSSCCN4CCC(CCOC(=O)Cc5ccc(OC(C)=O)cc5)C2=C43)cc1. The molecule has 0 saturated carbocycles. The summed E-state index contributed by atoms with van der Waals surface area (Å²) in [5, 5.41) is 0. The fourth-order valence-electron chi connectivity index (χ4n) is 10.8. The molecule has 0 bridgehead atoms. The molecule has 3 aliphatic heterocycles. The van der Waals surface area contributed by atoms with Gasteiger partial charge in [0.1, 0.15) is 23.4 Å². The number of esters is 5. The summed E-state index contributed by atoms with van der Waals surface area (Å²) in [6, 6.07) is 13.9. The number of rotatable bonds is 31. The Labute approximate surface area is 452 Å². The van der Waals surface area contributed by atoms with E-state index in [4.69, 9.17) is 23.7 Å². The molecule has 2 unspecified atom stereocenters. The summed E-state index contributed by atoms with van der Waals surface area (Å²) in [5.74, 6) is 3.06. The topological polar surface area (TPSA) is 138 Å². The second kappa shape index (κ2) is 31.8. The molecule has 14 heteroatoms. The molecule has 5 rings (SSSR count). The van der Waals surface area contributed by atoms with Crippen LogP contribution < -0.4 is 9.47 Å². The van der Waals surface area contributed by atoms with Crippen molar-refractivity contribution in [1.82, 2.24) is 9.80 Å². The minimum absolute atomic E-state index is 0.0918. The van der Waals surface area contributed by atoms with E-state index < -0.39 is 22.8 Å². The standard InChI is InChI=1S/C60H90N2O10S2/c1-8-10-12-14-16-18-20-50(21-19-17-15-13-11-9-2)71-57(66)59(4,5)44-60(6,7)58(67)72-52-28-24-47(25-29-52)43-54(65)69-39-33-49-31-35-62-37-41-74-73-40-36-61-34-30-48(55(49)56(61)62)32-38-68-53(64)42-46-22-26-51(27-23-46)70-45(3)63/h22-29,48-50H,8-21,30-44H2,1-7H3. The van der Waals surface area contributed by atoms with Gasteiger partial charge in [-0.25, -0.2) is 0 Å². The lowest BCUT2D eigenvalue weighted by molar-refractivity contribution is -0.164. The van der Waals surface area contributed by atoms with E-state index in [0.717, 1.165) is 107 Å². The second-order valence-electron chi connectivity index (χ2n) is 22.1. The van der Waals surface area contributed by atoms with E-state index in [1.165, 1.54) is 69.7 Å². The van der Waals surface area contributed by atoms with Crippen LogP contribution in [0, 0.1) is 22.7 Å². The molecule has 3 aliphatic rings. The lowest BCUT2D eigenvalue weighted by atomic mass is 9.75. The molecule has 0 radical (unpaired) electrons. The van der Waals surface area contributed by atoms with Gasteiger partial charge in [-0.05, 0) is 138 Å². The molecule has 2 aromatic carbocycles. The number of nitrogens with zero attached hydrogens (tertiary/aromatic N) is 2.